The second-order valence-corrected chi connectivity index (χ2v) is 8.29. The molecule has 27 heavy (non-hydrogen) atoms. The predicted octanol–water partition coefficient (Wildman–Crippen LogP) is 2.97. The lowest BCUT2D eigenvalue weighted by molar-refractivity contribution is -0.139. The molecule has 2 aromatic rings. The van der Waals surface area contributed by atoms with Crippen LogP contribution in [0.1, 0.15) is 48.9 Å². The van der Waals surface area contributed by atoms with Gasteiger partial charge in [0.1, 0.15) is 0 Å². The molecule has 0 radical (unpaired) electrons. The number of nitrogens with zero attached hydrogens (tertiary/aromatic N) is 4. The second kappa shape index (κ2) is 7.25. The van der Waals surface area contributed by atoms with Gasteiger partial charge in [0.05, 0.1) is 22.4 Å². The first-order valence-electron chi connectivity index (χ1n) is 9.50. The van der Waals surface area contributed by atoms with Crippen LogP contribution < -0.4 is 0 Å². The molecule has 1 aromatic heterocycles. The van der Waals surface area contributed by atoms with Gasteiger partial charge < -0.3 is 9.80 Å². The lowest BCUT2D eigenvalue weighted by Gasteiger charge is -2.28. The van der Waals surface area contributed by atoms with E-state index in [1.165, 1.54) is 0 Å². The van der Waals surface area contributed by atoms with E-state index in [1.807, 2.05) is 62.6 Å². The minimum Gasteiger partial charge on any atom is -0.340 e. The molecule has 1 saturated heterocycles. The number of amides is 2. The maximum absolute atomic E-state index is 13.0. The van der Waals surface area contributed by atoms with Gasteiger partial charge >= 0.3 is 0 Å². The summed E-state index contributed by atoms with van der Waals surface area (Å²) in [6.45, 7) is 12.1. The minimum atomic E-state index is -0.397. The van der Waals surface area contributed by atoms with Gasteiger partial charge in [-0.25, -0.2) is 9.97 Å². The number of hydrogen-bond acceptors (Lipinski definition) is 4. The molecule has 2 heterocycles. The van der Waals surface area contributed by atoms with Crippen molar-refractivity contribution in [2.45, 2.75) is 41.0 Å². The summed E-state index contributed by atoms with van der Waals surface area (Å²) in [7, 11) is 0. The van der Waals surface area contributed by atoms with Gasteiger partial charge in [-0.15, -0.1) is 0 Å². The van der Waals surface area contributed by atoms with Crippen molar-refractivity contribution >= 4 is 22.8 Å². The van der Waals surface area contributed by atoms with Crippen LogP contribution in [0.4, 0.5) is 0 Å². The van der Waals surface area contributed by atoms with Gasteiger partial charge in [-0.3, -0.25) is 9.59 Å². The molecule has 0 spiro atoms. The van der Waals surface area contributed by atoms with Crippen LogP contribution in [0, 0.1) is 19.3 Å². The number of hydrogen-bond donors (Lipinski definition) is 0. The summed E-state index contributed by atoms with van der Waals surface area (Å²) in [6, 6.07) is 5.49. The van der Waals surface area contributed by atoms with Crippen molar-refractivity contribution in [3.05, 3.63) is 35.2 Å². The molecule has 0 unspecified atom stereocenters. The predicted molar refractivity (Wildman–Crippen MR) is 106 cm³/mol. The molecule has 2 amide bonds. The molecule has 0 bridgehead atoms. The molecule has 1 aliphatic rings. The van der Waals surface area contributed by atoms with Crippen LogP contribution in [0.5, 0.6) is 0 Å². The fraction of sp³-hybridized carbons (Fsp3) is 0.524. The smallest absolute Gasteiger partial charge is 0.253 e. The van der Waals surface area contributed by atoms with E-state index in [0.717, 1.165) is 28.8 Å². The molecule has 0 saturated carbocycles. The summed E-state index contributed by atoms with van der Waals surface area (Å²) in [6.07, 6.45) is 0.791. The Kier molecular flexibility index (Phi) is 5.18. The van der Waals surface area contributed by atoms with E-state index in [9.17, 15) is 9.59 Å². The molecule has 3 rings (SSSR count). The van der Waals surface area contributed by atoms with Crippen molar-refractivity contribution in [2.24, 2.45) is 5.41 Å². The van der Waals surface area contributed by atoms with Crippen molar-refractivity contribution in [3.8, 4) is 0 Å². The molecule has 6 heteroatoms. The van der Waals surface area contributed by atoms with Crippen molar-refractivity contribution < 1.29 is 9.59 Å². The molecule has 0 N–H and O–H groups in total. The molecular formula is C21H28N4O2. The maximum Gasteiger partial charge on any atom is 0.253 e. The SMILES string of the molecule is Cc1nc2ccc(C(=O)N3CCCN(C(=O)C(C)(C)C)CC3)cc2nc1C. The fourth-order valence-corrected chi connectivity index (χ4v) is 3.34. The lowest BCUT2D eigenvalue weighted by atomic mass is 9.94. The Morgan fingerprint density at radius 2 is 1.48 bits per heavy atom. The second-order valence-electron chi connectivity index (χ2n) is 8.29. The zero-order chi connectivity index (χ0) is 19.8. The summed E-state index contributed by atoms with van der Waals surface area (Å²) < 4.78 is 0. The first-order chi connectivity index (χ1) is 12.7. The number of aryl methyl sites for hydroxylation is 2. The Hall–Kier alpha value is -2.50. The van der Waals surface area contributed by atoms with Crippen molar-refractivity contribution in [2.75, 3.05) is 26.2 Å². The summed E-state index contributed by atoms with van der Waals surface area (Å²) in [4.78, 5) is 38.3. The Morgan fingerprint density at radius 1 is 0.889 bits per heavy atom. The molecule has 1 aromatic carbocycles. The van der Waals surface area contributed by atoms with Gasteiger partial charge in [0.25, 0.3) is 5.91 Å². The van der Waals surface area contributed by atoms with Crippen LogP contribution >= 0.6 is 0 Å². The average Bonchev–Trinajstić information content (AvgIpc) is 2.86. The number of benzene rings is 1. The van der Waals surface area contributed by atoms with Crippen LogP contribution in [-0.4, -0.2) is 57.8 Å². The number of carbonyl (C=O) groups is 2. The molecular weight excluding hydrogens is 340 g/mol. The highest BCUT2D eigenvalue weighted by molar-refractivity contribution is 5.97. The highest BCUT2D eigenvalue weighted by atomic mass is 16.2. The molecule has 0 atom stereocenters. The van der Waals surface area contributed by atoms with E-state index in [1.54, 1.807) is 0 Å². The highest BCUT2D eigenvalue weighted by Gasteiger charge is 2.29. The van der Waals surface area contributed by atoms with Crippen molar-refractivity contribution in [3.63, 3.8) is 0 Å². The van der Waals surface area contributed by atoms with Crippen molar-refractivity contribution in [1.29, 1.82) is 0 Å². The van der Waals surface area contributed by atoms with Gasteiger partial charge in [0, 0.05) is 37.2 Å². The highest BCUT2D eigenvalue weighted by Crippen LogP contribution is 2.20. The first kappa shape index (κ1) is 19.3. The van der Waals surface area contributed by atoms with Gasteiger partial charge in [-0.2, -0.15) is 0 Å². The summed E-state index contributed by atoms with van der Waals surface area (Å²) in [5.41, 5.74) is 3.54. The minimum absolute atomic E-state index is 0.0121. The Morgan fingerprint density at radius 3 is 2.15 bits per heavy atom. The van der Waals surface area contributed by atoms with Crippen LogP contribution in [0.15, 0.2) is 18.2 Å². The summed E-state index contributed by atoms with van der Waals surface area (Å²) in [5.74, 6) is 0.130. The number of fused-ring (bicyclic) bond motifs is 1. The third kappa shape index (κ3) is 4.10. The van der Waals surface area contributed by atoms with Crippen LogP contribution in [0.2, 0.25) is 0 Å². The Balaban J connectivity index is 1.77. The van der Waals surface area contributed by atoms with E-state index in [0.29, 0.717) is 31.7 Å². The largest absolute Gasteiger partial charge is 0.340 e. The van der Waals surface area contributed by atoms with Gasteiger partial charge in [0.2, 0.25) is 5.91 Å². The van der Waals surface area contributed by atoms with E-state index < -0.39 is 5.41 Å². The summed E-state index contributed by atoms with van der Waals surface area (Å²) >= 11 is 0. The summed E-state index contributed by atoms with van der Waals surface area (Å²) in [5, 5.41) is 0. The number of aromatic nitrogens is 2. The van der Waals surface area contributed by atoms with Gasteiger partial charge in [-0.1, -0.05) is 20.8 Å². The monoisotopic (exact) mass is 368 g/mol. The van der Waals surface area contributed by atoms with Crippen molar-refractivity contribution in [1.82, 2.24) is 19.8 Å². The van der Waals surface area contributed by atoms with E-state index in [4.69, 9.17) is 0 Å². The zero-order valence-electron chi connectivity index (χ0n) is 16.9. The first-order valence-corrected chi connectivity index (χ1v) is 9.50. The van der Waals surface area contributed by atoms with Crippen LogP contribution in [0.25, 0.3) is 11.0 Å². The Labute approximate surface area is 160 Å². The standard InChI is InChI=1S/C21H28N4O2/c1-14-15(2)23-18-13-16(7-8-17(18)22-14)19(26)24-9-6-10-25(12-11-24)20(27)21(3,4)5/h7-8,13H,6,9-12H2,1-5H3. The van der Waals surface area contributed by atoms with Crippen LogP contribution in [0.3, 0.4) is 0 Å². The zero-order valence-corrected chi connectivity index (χ0v) is 16.9. The third-order valence-electron chi connectivity index (χ3n) is 5.03. The van der Waals surface area contributed by atoms with Gasteiger partial charge in [0.15, 0.2) is 0 Å². The molecule has 6 nitrogen and oxygen atoms in total. The maximum atomic E-state index is 13.0. The van der Waals surface area contributed by atoms with Crippen LogP contribution in [-0.2, 0) is 4.79 Å². The lowest BCUT2D eigenvalue weighted by Crippen LogP contribution is -2.42. The number of rotatable bonds is 1. The normalized spacial score (nSPS) is 15.7. The Bertz CT molecular complexity index is 886. The average molecular weight is 368 g/mol. The van der Waals surface area contributed by atoms with E-state index >= 15 is 0 Å². The quantitative estimate of drug-likeness (QED) is 0.776. The third-order valence-corrected chi connectivity index (χ3v) is 5.03. The molecule has 1 aliphatic heterocycles. The molecule has 144 valence electrons. The fourth-order valence-electron chi connectivity index (χ4n) is 3.34. The van der Waals surface area contributed by atoms with E-state index in [-0.39, 0.29) is 11.8 Å². The molecule has 0 aliphatic carbocycles. The van der Waals surface area contributed by atoms with E-state index in [2.05, 4.69) is 9.97 Å². The molecule has 1 fully saturated rings. The topological polar surface area (TPSA) is 66.4 Å². The van der Waals surface area contributed by atoms with Gasteiger partial charge in [-0.05, 0) is 38.5 Å². The number of carbonyl (C=O) groups excluding carboxylic acids is 2.